The minimum atomic E-state index is -0.986. The van der Waals surface area contributed by atoms with Gasteiger partial charge in [0.1, 0.15) is 6.10 Å². The van der Waals surface area contributed by atoms with Crippen LogP contribution in [-0.2, 0) is 17.7 Å². The average molecular weight is 292 g/mol. The van der Waals surface area contributed by atoms with Gasteiger partial charge in [-0.05, 0) is 19.5 Å². The monoisotopic (exact) mass is 292 g/mol. The molecule has 1 aromatic heterocycles. The fourth-order valence-electron chi connectivity index (χ4n) is 2.85. The van der Waals surface area contributed by atoms with Gasteiger partial charge in [-0.25, -0.2) is 14.8 Å². The van der Waals surface area contributed by atoms with Gasteiger partial charge in [0, 0.05) is 25.2 Å². The number of carboxylic acids is 1. The van der Waals surface area contributed by atoms with E-state index >= 15 is 0 Å². The average Bonchev–Trinajstić information content (AvgIpc) is 2.53. The van der Waals surface area contributed by atoms with Gasteiger partial charge >= 0.3 is 5.97 Å². The Bertz CT molecular complexity index is 549. The van der Waals surface area contributed by atoms with Crippen molar-refractivity contribution in [1.29, 1.82) is 0 Å². The van der Waals surface area contributed by atoms with Gasteiger partial charge in [-0.3, -0.25) is 4.90 Å². The lowest BCUT2D eigenvalue weighted by Gasteiger charge is -2.31. The lowest BCUT2D eigenvalue weighted by Crippen LogP contribution is -2.39. The third-order valence-electron chi connectivity index (χ3n) is 4.04. The topological polar surface area (TPSA) is 87.6 Å². The van der Waals surface area contributed by atoms with Gasteiger partial charge in [0.2, 0.25) is 0 Å². The molecule has 0 aliphatic carbocycles. The summed E-state index contributed by atoms with van der Waals surface area (Å²) in [6.45, 7) is 6.63. The van der Waals surface area contributed by atoms with Crippen LogP contribution in [-0.4, -0.2) is 58.7 Å². The normalized spacial score (nSPS) is 22.8. The maximum atomic E-state index is 11.5. The van der Waals surface area contributed by atoms with E-state index in [-0.39, 0.29) is 11.8 Å². The second-order valence-corrected chi connectivity index (χ2v) is 5.34. The van der Waals surface area contributed by atoms with Gasteiger partial charge in [-0.1, -0.05) is 6.92 Å². The van der Waals surface area contributed by atoms with Gasteiger partial charge in [-0.2, -0.15) is 0 Å². The quantitative estimate of drug-likeness (QED) is 0.823. The number of aromatic carboxylic acids is 1. The molecule has 0 radical (unpaired) electrons. The molecule has 0 saturated carbocycles. The van der Waals surface area contributed by atoms with Crippen LogP contribution in [0, 0.1) is 0 Å². The number of hydrogen-bond donors (Lipinski definition) is 2. The summed E-state index contributed by atoms with van der Waals surface area (Å²) in [4.78, 5) is 22.6. The van der Waals surface area contributed by atoms with Crippen molar-refractivity contribution in [3.05, 3.63) is 22.8 Å². The first kappa shape index (κ1) is 14.4. The first-order chi connectivity index (χ1) is 10.2. The maximum absolute atomic E-state index is 11.5. The molecule has 2 aliphatic heterocycles. The highest BCUT2D eigenvalue weighted by atomic mass is 16.5. The van der Waals surface area contributed by atoms with Crippen LogP contribution in [0.15, 0.2) is 0 Å². The summed E-state index contributed by atoms with van der Waals surface area (Å²) in [7, 11) is 0. The van der Waals surface area contributed by atoms with Crippen LogP contribution < -0.4 is 5.32 Å². The smallest absolute Gasteiger partial charge is 0.354 e. The summed E-state index contributed by atoms with van der Waals surface area (Å²) in [5.74, 6) is -0.493. The number of likely N-dealkylation sites (N-methyl/N-ethyl adjacent to an activating group) is 1. The largest absolute Gasteiger partial charge is 0.477 e. The summed E-state index contributed by atoms with van der Waals surface area (Å²) in [6, 6.07) is 0. The number of ether oxygens (including phenoxy) is 1. The molecule has 7 nitrogen and oxygen atoms in total. The molecule has 7 heteroatoms. The molecule has 0 bridgehead atoms. The molecule has 2 aliphatic rings. The molecule has 114 valence electrons. The van der Waals surface area contributed by atoms with Crippen molar-refractivity contribution in [3.63, 3.8) is 0 Å². The highest BCUT2D eigenvalue weighted by Crippen LogP contribution is 2.23. The molecule has 21 heavy (non-hydrogen) atoms. The highest BCUT2D eigenvalue weighted by Gasteiger charge is 2.28. The molecular formula is C14H20N4O3. The van der Waals surface area contributed by atoms with Crippen molar-refractivity contribution < 1.29 is 14.6 Å². The summed E-state index contributed by atoms with van der Waals surface area (Å²) >= 11 is 0. The zero-order valence-corrected chi connectivity index (χ0v) is 12.1. The van der Waals surface area contributed by atoms with Crippen molar-refractivity contribution in [2.24, 2.45) is 0 Å². The Balaban J connectivity index is 1.95. The van der Waals surface area contributed by atoms with Crippen LogP contribution >= 0.6 is 0 Å². The number of nitrogens with zero attached hydrogens (tertiary/aromatic N) is 3. The lowest BCUT2D eigenvalue weighted by atomic mass is 10.0. The molecule has 1 fully saturated rings. The summed E-state index contributed by atoms with van der Waals surface area (Å²) in [5.41, 5.74) is 1.68. The van der Waals surface area contributed by atoms with Crippen molar-refractivity contribution >= 4 is 5.97 Å². The van der Waals surface area contributed by atoms with Crippen LogP contribution in [0.25, 0.3) is 0 Å². The lowest BCUT2D eigenvalue weighted by molar-refractivity contribution is -0.0328. The first-order valence-electron chi connectivity index (χ1n) is 7.36. The van der Waals surface area contributed by atoms with E-state index in [1.165, 1.54) is 0 Å². The standard InChI is InChI=1S/C14H20N4O3/c1-2-18-5-6-21-11(8-18)13-16-10-7-15-4-3-9(10)12(17-13)14(19)20/h11,15H,2-8H2,1H3,(H,19,20). The Kier molecular flexibility index (Phi) is 4.14. The second kappa shape index (κ2) is 6.05. The Hall–Kier alpha value is -1.57. The number of hydrogen-bond acceptors (Lipinski definition) is 6. The van der Waals surface area contributed by atoms with E-state index in [2.05, 4.69) is 27.1 Å². The van der Waals surface area contributed by atoms with E-state index in [1.807, 2.05) is 0 Å². The van der Waals surface area contributed by atoms with Crippen LogP contribution in [0.2, 0.25) is 0 Å². The van der Waals surface area contributed by atoms with E-state index in [1.54, 1.807) is 0 Å². The molecule has 1 unspecified atom stereocenters. The molecule has 0 aromatic carbocycles. The third-order valence-corrected chi connectivity index (χ3v) is 4.04. The Labute approximate surface area is 123 Å². The minimum absolute atomic E-state index is 0.133. The van der Waals surface area contributed by atoms with E-state index < -0.39 is 5.97 Å². The van der Waals surface area contributed by atoms with E-state index in [0.29, 0.717) is 31.9 Å². The number of nitrogens with one attached hydrogen (secondary N) is 1. The number of rotatable bonds is 3. The molecular weight excluding hydrogens is 272 g/mol. The number of fused-ring (bicyclic) bond motifs is 1. The zero-order valence-electron chi connectivity index (χ0n) is 12.1. The predicted octanol–water partition coefficient (Wildman–Crippen LogP) is 0.214. The Morgan fingerprint density at radius 2 is 2.38 bits per heavy atom. The SMILES string of the molecule is CCN1CCOC(c2nc3c(c(C(=O)O)n2)CCNC3)C1. The second-order valence-electron chi connectivity index (χ2n) is 5.34. The van der Waals surface area contributed by atoms with Gasteiger partial charge in [0.25, 0.3) is 0 Å². The molecule has 3 rings (SSSR count). The van der Waals surface area contributed by atoms with Crippen molar-refractivity contribution in [3.8, 4) is 0 Å². The molecule has 3 heterocycles. The highest BCUT2D eigenvalue weighted by molar-refractivity contribution is 5.87. The van der Waals surface area contributed by atoms with Gasteiger partial charge in [-0.15, -0.1) is 0 Å². The summed E-state index contributed by atoms with van der Waals surface area (Å²) in [5, 5.41) is 12.6. The molecule has 2 N–H and O–H groups in total. The maximum Gasteiger partial charge on any atom is 0.354 e. The Morgan fingerprint density at radius 1 is 1.52 bits per heavy atom. The predicted molar refractivity (Wildman–Crippen MR) is 75.2 cm³/mol. The molecule has 1 atom stereocenters. The van der Waals surface area contributed by atoms with E-state index in [0.717, 1.165) is 30.9 Å². The number of carbonyl (C=O) groups is 1. The fourth-order valence-corrected chi connectivity index (χ4v) is 2.85. The van der Waals surface area contributed by atoms with Crippen LogP contribution in [0.5, 0.6) is 0 Å². The van der Waals surface area contributed by atoms with Gasteiger partial charge < -0.3 is 15.2 Å². The Morgan fingerprint density at radius 3 is 3.14 bits per heavy atom. The van der Waals surface area contributed by atoms with Gasteiger partial charge in [0.15, 0.2) is 11.5 Å². The minimum Gasteiger partial charge on any atom is -0.477 e. The van der Waals surface area contributed by atoms with Crippen molar-refractivity contribution in [2.45, 2.75) is 26.0 Å². The molecule has 1 aromatic rings. The van der Waals surface area contributed by atoms with Gasteiger partial charge in [0.05, 0.1) is 12.3 Å². The van der Waals surface area contributed by atoms with E-state index in [9.17, 15) is 9.90 Å². The molecule has 0 amide bonds. The number of carboxylic acid groups (broad SMARTS) is 1. The molecule has 1 saturated heterocycles. The number of aromatic nitrogens is 2. The van der Waals surface area contributed by atoms with Crippen molar-refractivity contribution in [2.75, 3.05) is 32.8 Å². The van der Waals surface area contributed by atoms with Crippen molar-refractivity contribution in [1.82, 2.24) is 20.2 Å². The van der Waals surface area contributed by atoms with Crippen LogP contribution in [0.4, 0.5) is 0 Å². The van der Waals surface area contributed by atoms with Crippen LogP contribution in [0.3, 0.4) is 0 Å². The van der Waals surface area contributed by atoms with E-state index in [4.69, 9.17) is 4.74 Å². The fraction of sp³-hybridized carbons (Fsp3) is 0.643. The number of morpholine rings is 1. The summed E-state index contributed by atoms with van der Waals surface area (Å²) in [6.07, 6.45) is 0.410. The first-order valence-corrected chi connectivity index (χ1v) is 7.36. The zero-order chi connectivity index (χ0) is 14.8. The van der Waals surface area contributed by atoms with Crippen LogP contribution in [0.1, 0.15) is 40.6 Å². The molecule has 0 spiro atoms. The summed E-state index contributed by atoms with van der Waals surface area (Å²) < 4.78 is 5.74. The third kappa shape index (κ3) is 2.90.